The molecule has 0 unspecified atom stereocenters. The predicted octanol–water partition coefficient (Wildman–Crippen LogP) is 3.33. The molecule has 10 heteroatoms. The van der Waals surface area contributed by atoms with Crippen molar-refractivity contribution in [2.45, 2.75) is 26.4 Å². The molecule has 1 N–H and O–H groups in total. The molecule has 4 aromatic rings. The molecule has 0 spiro atoms. The Hall–Kier alpha value is -3.56. The fourth-order valence-corrected chi connectivity index (χ4v) is 4.63. The van der Waals surface area contributed by atoms with Gasteiger partial charge in [0.1, 0.15) is 28.5 Å². The number of nitrogens with zero attached hydrogens (tertiary/aromatic N) is 6. The van der Waals surface area contributed by atoms with Gasteiger partial charge in [0.25, 0.3) is 5.56 Å². The van der Waals surface area contributed by atoms with Crippen molar-refractivity contribution in [3.8, 4) is 17.9 Å². The second kappa shape index (κ2) is 11.9. The highest BCUT2D eigenvalue weighted by Gasteiger charge is 2.26. The number of hydrogen-bond acceptors (Lipinski definition) is 6. The molecular formula is C26H27Cl2N7O. The first-order valence-electron chi connectivity index (χ1n) is 11.4. The Kier molecular flexibility index (Phi) is 8.95. The van der Waals surface area contributed by atoms with E-state index in [0.717, 1.165) is 54.9 Å². The van der Waals surface area contributed by atoms with Crippen molar-refractivity contribution >= 4 is 52.4 Å². The molecule has 1 aliphatic heterocycles. The summed E-state index contributed by atoms with van der Waals surface area (Å²) in [5, 5.41) is 15.5. The second-order valence-electron chi connectivity index (χ2n) is 8.27. The molecule has 0 bridgehead atoms. The molecule has 0 atom stereocenters. The lowest BCUT2D eigenvalue weighted by atomic mass is 10.1. The molecule has 1 fully saturated rings. The summed E-state index contributed by atoms with van der Waals surface area (Å²) < 4.78 is 3.44. The molecule has 0 saturated carbocycles. The number of aromatic nitrogens is 4. The van der Waals surface area contributed by atoms with Crippen molar-refractivity contribution in [1.29, 1.82) is 5.26 Å². The number of pyridine rings is 1. The van der Waals surface area contributed by atoms with Crippen molar-refractivity contribution in [2.24, 2.45) is 0 Å². The lowest BCUT2D eigenvalue weighted by Gasteiger charge is -2.24. The van der Waals surface area contributed by atoms with Crippen molar-refractivity contribution < 1.29 is 0 Å². The Balaban J connectivity index is 0.00000180. The summed E-state index contributed by atoms with van der Waals surface area (Å²) in [5.74, 6) is 6.73. The Bertz CT molecular complexity index is 1530. The number of halogens is 2. The number of rotatable bonds is 4. The van der Waals surface area contributed by atoms with Gasteiger partial charge in [0, 0.05) is 31.2 Å². The van der Waals surface area contributed by atoms with Crippen LogP contribution in [0.15, 0.2) is 47.7 Å². The maximum Gasteiger partial charge on any atom is 0.278 e. The van der Waals surface area contributed by atoms with E-state index in [4.69, 9.17) is 0 Å². The van der Waals surface area contributed by atoms with E-state index in [0.29, 0.717) is 29.7 Å². The first-order chi connectivity index (χ1) is 16.7. The molecule has 0 amide bonds. The van der Waals surface area contributed by atoms with E-state index >= 15 is 0 Å². The maximum absolute atomic E-state index is 13.8. The highest BCUT2D eigenvalue weighted by molar-refractivity contribution is 5.89. The monoisotopic (exact) mass is 523 g/mol. The zero-order chi connectivity index (χ0) is 23.5. The Morgan fingerprint density at radius 1 is 1.11 bits per heavy atom. The van der Waals surface area contributed by atoms with Crippen LogP contribution in [0.2, 0.25) is 0 Å². The fraction of sp³-hybridized carbons (Fsp3) is 0.308. The van der Waals surface area contributed by atoms with E-state index in [2.05, 4.69) is 38.1 Å². The number of anilines is 1. The molecule has 36 heavy (non-hydrogen) atoms. The van der Waals surface area contributed by atoms with Gasteiger partial charge in [0.2, 0.25) is 0 Å². The second-order valence-corrected chi connectivity index (χ2v) is 8.27. The van der Waals surface area contributed by atoms with Crippen LogP contribution in [0.4, 0.5) is 5.82 Å². The van der Waals surface area contributed by atoms with Crippen LogP contribution in [0.1, 0.15) is 24.6 Å². The maximum atomic E-state index is 13.8. The Morgan fingerprint density at radius 3 is 2.75 bits per heavy atom. The van der Waals surface area contributed by atoms with Gasteiger partial charge >= 0.3 is 0 Å². The van der Waals surface area contributed by atoms with Crippen LogP contribution in [0.3, 0.4) is 0 Å². The van der Waals surface area contributed by atoms with E-state index in [1.165, 1.54) is 6.33 Å². The van der Waals surface area contributed by atoms with Crippen LogP contribution in [0.5, 0.6) is 0 Å². The highest BCUT2D eigenvalue weighted by Crippen LogP contribution is 2.30. The Morgan fingerprint density at radius 2 is 1.94 bits per heavy atom. The molecule has 1 aromatic carbocycles. The van der Waals surface area contributed by atoms with Crippen molar-refractivity contribution in [3.63, 3.8) is 0 Å². The molecule has 1 saturated heterocycles. The average molecular weight is 524 g/mol. The summed E-state index contributed by atoms with van der Waals surface area (Å²) in [6.07, 6.45) is 4.24. The molecule has 8 nitrogen and oxygen atoms in total. The van der Waals surface area contributed by atoms with Crippen molar-refractivity contribution in [3.05, 3.63) is 64.5 Å². The highest BCUT2D eigenvalue weighted by atomic mass is 35.5. The topological polar surface area (TPSA) is 91.8 Å². The molecule has 4 heterocycles. The summed E-state index contributed by atoms with van der Waals surface area (Å²) in [5.41, 5.74) is 1.87. The molecule has 0 aliphatic carbocycles. The van der Waals surface area contributed by atoms with E-state index < -0.39 is 0 Å². The summed E-state index contributed by atoms with van der Waals surface area (Å²) in [4.78, 5) is 25.1. The van der Waals surface area contributed by atoms with Crippen LogP contribution in [-0.2, 0) is 13.1 Å². The average Bonchev–Trinajstić information content (AvgIpc) is 2.99. The molecule has 5 rings (SSSR count). The van der Waals surface area contributed by atoms with Crippen molar-refractivity contribution in [2.75, 3.05) is 31.1 Å². The number of benzene rings is 1. The summed E-state index contributed by atoms with van der Waals surface area (Å²) in [7, 11) is 0. The third-order valence-corrected chi connectivity index (χ3v) is 6.24. The number of hydrogen-bond donors (Lipinski definition) is 1. The lowest BCUT2D eigenvalue weighted by Crippen LogP contribution is -2.31. The first-order valence-corrected chi connectivity index (χ1v) is 11.4. The van der Waals surface area contributed by atoms with Crippen molar-refractivity contribution in [1.82, 2.24) is 24.4 Å². The summed E-state index contributed by atoms with van der Waals surface area (Å²) >= 11 is 0. The SMILES string of the molecule is CC#CCn1c(N2CCCNCC2)c(C#N)c2ncn(Cc3nccc4ccccc34)c(=O)c21.Cl.Cl. The van der Waals surface area contributed by atoms with Crippen LogP contribution in [0, 0.1) is 23.2 Å². The zero-order valence-electron chi connectivity index (χ0n) is 19.9. The van der Waals surface area contributed by atoms with Crippen LogP contribution in [0.25, 0.3) is 21.8 Å². The minimum absolute atomic E-state index is 0. The third kappa shape index (κ3) is 4.89. The van der Waals surface area contributed by atoms with Gasteiger partial charge in [0.05, 0.1) is 25.1 Å². The van der Waals surface area contributed by atoms with Crippen LogP contribution in [-0.4, -0.2) is 45.3 Å². The van der Waals surface area contributed by atoms with Gasteiger partial charge in [-0.15, -0.1) is 30.7 Å². The molecule has 3 aromatic heterocycles. The van der Waals surface area contributed by atoms with Gasteiger partial charge in [-0.2, -0.15) is 5.26 Å². The molecule has 1 aliphatic rings. The quantitative estimate of drug-likeness (QED) is 0.412. The summed E-state index contributed by atoms with van der Waals surface area (Å²) in [6.45, 7) is 5.67. The number of nitrogens with one attached hydrogen (secondary N) is 1. The van der Waals surface area contributed by atoms with E-state index in [1.807, 2.05) is 34.9 Å². The Labute approximate surface area is 221 Å². The fourth-order valence-electron chi connectivity index (χ4n) is 4.63. The number of fused-ring (bicyclic) bond motifs is 2. The van der Waals surface area contributed by atoms with Gasteiger partial charge in [-0.3, -0.25) is 14.3 Å². The van der Waals surface area contributed by atoms with Crippen LogP contribution < -0.4 is 15.8 Å². The van der Waals surface area contributed by atoms with Gasteiger partial charge in [0.15, 0.2) is 0 Å². The zero-order valence-corrected chi connectivity index (χ0v) is 21.5. The first kappa shape index (κ1) is 27.0. The van der Waals surface area contributed by atoms with Gasteiger partial charge < -0.3 is 14.8 Å². The van der Waals surface area contributed by atoms with E-state index in [9.17, 15) is 10.1 Å². The predicted molar refractivity (Wildman–Crippen MR) is 147 cm³/mol. The summed E-state index contributed by atoms with van der Waals surface area (Å²) in [6, 6.07) is 12.3. The minimum Gasteiger partial charge on any atom is -0.355 e. The standard InChI is InChI=1S/C26H25N7O.2ClH/c1-2-3-14-33-24-23(21(16-27)25(33)31-13-6-10-28-12-15-31)30-18-32(26(24)34)17-22-20-8-5-4-7-19(20)9-11-29-22;;/h4-5,7-9,11,18,28H,6,10,12-15,17H2,1H3;2*1H. The largest absolute Gasteiger partial charge is 0.355 e. The van der Waals surface area contributed by atoms with E-state index in [1.54, 1.807) is 17.7 Å². The molecular weight excluding hydrogens is 497 g/mol. The molecule has 0 radical (unpaired) electrons. The molecule has 186 valence electrons. The van der Waals surface area contributed by atoms with Gasteiger partial charge in [-0.1, -0.05) is 30.2 Å². The smallest absolute Gasteiger partial charge is 0.278 e. The minimum atomic E-state index is -0.201. The van der Waals surface area contributed by atoms with E-state index in [-0.39, 0.29) is 30.4 Å². The van der Waals surface area contributed by atoms with Gasteiger partial charge in [-0.25, -0.2) is 4.98 Å². The number of nitriles is 1. The van der Waals surface area contributed by atoms with Crippen LogP contribution >= 0.6 is 24.8 Å². The third-order valence-electron chi connectivity index (χ3n) is 6.24. The van der Waals surface area contributed by atoms with Gasteiger partial charge in [-0.05, 0) is 31.3 Å². The normalized spacial score (nSPS) is 13.2. The lowest BCUT2D eigenvalue weighted by molar-refractivity contribution is 0.719.